The molecular weight excluding hydrogens is 371 g/mol. The molecule has 0 bridgehead atoms. The topological polar surface area (TPSA) is 99.4 Å². The minimum atomic E-state index is -2.17. The van der Waals surface area contributed by atoms with E-state index >= 15 is 0 Å². The van der Waals surface area contributed by atoms with Crippen LogP contribution in [0.4, 0.5) is 10.1 Å². The van der Waals surface area contributed by atoms with Gasteiger partial charge in [-0.2, -0.15) is 9.49 Å². The van der Waals surface area contributed by atoms with E-state index in [-0.39, 0.29) is 12.5 Å². The zero-order valence-electron chi connectivity index (χ0n) is 14.9. The predicted octanol–water partition coefficient (Wildman–Crippen LogP) is 3.23. The number of hydrogen-bond donors (Lipinski definition) is 2. The molecule has 0 fully saturated rings. The highest BCUT2D eigenvalue weighted by Crippen LogP contribution is 2.40. The standard InChI is InChI=1S/C18H17FN4O3S/c1-8-9(2)22-23-17-13(8)14(20)15(27-17)16(24)21-7-10-4-5-11-12(6-10)26-18(3,19)25-11/h4-6H,7,20H2,1-3H3,(H,21,24). The molecule has 7 nitrogen and oxygen atoms in total. The Kier molecular flexibility index (Phi) is 3.92. The Balaban J connectivity index is 1.53. The maximum absolute atomic E-state index is 13.7. The number of alkyl halides is 1. The summed E-state index contributed by atoms with van der Waals surface area (Å²) < 4.78 is 23.8. The van der Waals surface area contributed by atoms with Crippen LogP contribution in [0.5, 0.6) is 11.5 Å². The van der Waals surface area contributed by atoms with Crippen molar-refractivity contribution >= 4 is 33.1 Å². The van der Waals surface area contributed by atoms with E-state index in [1.807, 2.05) is 13.8 Å². The average molecular weight is 388 g/mol. The number of hydrogen-bond acceptors (Lipinski definition) is 7. The molecule has 0 saturated heterocycles. The lowest BCUT2D eigenvalue weighted by molar-refractivity contribution is -0.173. The lowest BCUT2D eigenvalue weighted by Crippen LogP contribution is -2.27. The molecule has 27 heavy (non-hydrogen) atoms. The van der Waals surface area contributed by atoms with Crippen LogP contribution in [0.3, 0.4) is 0 Å². The van der Waals surface area contributed by atoms with Gasteiger partial charge in [0.05, 0.1) is 11.4 Å². The second-order valence-corrected chi connectivity index (χ2v) is 7.44. The molecule has 3 heterocycles. The third kappa shape index (κ3) is 3.03. The monoisotopic (exact) mass is 388 g/mol. The van der Waals surface area contributed by atoms with Crippen LogP contribution in [0.1, 0.15) is 33.4 Å². The number of carbonyl (C=O) groups is 1. The second-order valence-electron chi connectivity index (χ2n) is 6.44. The fraction of sp³-hybridized carbons (Fsp3) is 0.278. The highest BCUT2D eigenvalue weighted by atomic mass is 32.1. The maximum atomic E-state index is 13.7. The van der Waals surface area contributed by atoms with E-state index in [0.717, 1.165) is 22.2 Å². The number of nitrogens with zero attached hydrogens (tertiary/aromatic N) is 2. The van der Waals surface area contributed by atoms with Gasteiger partial charge in [0.15, 0.2) is 11.5 Å². The van der Waals surface area contributed by atoms with E-state index in [1.54, 1.807) is 18.2 Å². The summed E-state index contributed by atoms with van der Waals surface area (Å²) in [4.78, 5) is 13.6. The van der Waals surface area contributed by atoms with Crippen LogP contribution >= 0.6 is 11.3 Å². The van der Waals surface area contributed by atoms with Gasteiger partial charge in [0, 0.05) is 18.9 Å². The number of benzene rings is 1. The van der Waals surface area contributed by atoms with E-state index in [1.165, 1.54) is 18.3 Å². The fourth-order valence-corrected chi connectivity index (χ4v) is 3.93. The van der Waals surface area contributed by atoms with Gasteiger partial charge in [0.1, 0.15) is 9.71 Å². The van der Waals surface area contributed by atoms with Gasteiger partial charge in [-0.3, -0.25) is 4.79 Å². The van der Waals surface area contributed by atoms with Crippen LogP contribution in [0.15, 0.2) is 18.2 Å². The minimum absolute atomic E-state index is 0.232. The van der Waals surface area contributed by atoms with Crippen molar-refractivity contribution in [2.75, 3.05) is 5.73 Å². The molecule has 1 amide bonds. The van der Waals surface area contributed by atoms with Crippen molar-refractivity contribution in [2.24, 2.45) is 0 Å². The first-order chi connectivity index (χ1) is 12.7. The molecule has 1 aromatic carbocycles. The summed E-state index contributed by atoms with van der Waals surface area (Å²) in [6, 6.07) is 2.80. The summed E-state index contributed by atoms with van der Waals surface area (Å²) in [5.74, 6) is 0.322. The lowest BCUT2D eigenvalue weighted by atomic mass is 10.1. The van der Waals surface area contributed by atoms with Crippen molar-refractivity contribution < 1.29 is 18.7 Å². The number of amides is 1. The molecule has 0 spiro atoms. The number of fused-ring (bicyclic) bond motifs is 2. The molecule has 140 valence electrons. The van der Waals surface area contributed by atoms with E-state index in [0.29, 0.717) is 26.9 Å². The summed E-state index contributed by atoms with van der Waals surface area (Å²) >= 11 is 1.20. The van der Waals surface area contributed by atoms with Gasteiger partial charge >= 0.3 is 6.04 Å². The van der Waals surface area contributed by atoms with Crippen LogP contribution in [0.25, 0.3) is 10.2 Å². The average Bonchev–Trinajstić information content (AvgIpc) is 3.11. The van der Waals surface area contributed by atoms with Crippen LogP contribution in [-0.4, -0.2) is 22.1 Å². The molecular formula is C18H17FN4O3S. The van der Waals surface area contributed by atoms with Crippen LogP contribution in [0.2, 0.25) is 0 Å². The Hall–Kier alpha value is -2.94. The lowest BCUT2D eigenvalue weighted by Gasteiger charge is -2.10. The summed E-state index contributed by atoms with van der Waals surface area (Å²) in [5.41, 5.74) is 9.03. The van der Waals surface area contributed by atoms with Crippen LogP contribution in [-0.2, 0) is 6.54 Å². The Labute approximate surface area is 158 Å². The number of anilines is 1. The summed E-state index contributed by atoms with van der Waals surface area (Å²) in [7, 11) is 0. The minimum Gasteiger partial charge on any atom is -0.423 e. The van der Waals surface area contributed by atoms with Gasteiger partial charge < -0.3 is 20.5 Å². The quantitative estimate of drug-likeness (QED) is 0.715. The Bertz CT molecular complexity index is 1080. The zero-order valence-corrected chi connectivity index (χ0v) is 15.7. The van der Waals surface area contributed by atoms with Gasteiger partial charge in [-0.1, -0.05) is 6.07 Å². The molecule has 3 aromatic rings. The number of aryl methyl sites for hydroxylation is 2. The largest absolute Gasteiger partial charge is 0.423 e. The molecule has 3 N–H and O–H groups in total. The SMILES string of the molecule is Cc1nnc2sc(C(=O)NCc3ccc4c(c3)OC(C)(F)O4)c(N)c2c1C. The normalized spacial score (nSPS) is 18.1. The zero-order chi connectivity index (χ0) is 19.3. The third-order valence-electron chi connectivity index (χ3n) is 4.39. The first-order valence-corrected chi connectivity index (χ1v) is 9.07. The molecule has 9 heteroatoms. The smallest absolute Gasteiger partial charge is 0.404 e. The molecule has 1 unspecified atom stereocenters. The second kappa shape index (κ2) is 6.05. The number of carbonyl (C=O) groups excluding carboxylic acids is 1. The van der Waals surface area contributed by atoms with Crippen molar-refractivity contribution in [1.29, 1.82) is 0 Å². The number of nitrogens with two attached hydrogens (primary N) is 1. The number of ether oxygens (including phenoxy) is 2. The van der Waals surface area contributed by atoms with Crippen molar-refractivity contribution in [2.45, 2.75) is 33.4 Å². The first-order valence-electron chi connectivity index (χ1n) is 8.25. The van der Waals surface area contributed by atoms with Gasteiger partial charge in [-0.15, -0.1) is 16.4 Å². The van der Waals surface area contributed by atoms with Gasteiger partial charge in [-0.05, 0) is 37.1 Å². The molecule has 2 aromatic heterocycles. The predicted molar refractivity (Wildman–Crippen MR) is 99.7 cm³/mol. The maximum Gasteiger partial charge on any atom is 0.404 e. The van der Waals surface area contributed by atoms with E-state index in [2.05, 4.69) is 15.5 Å². The van der Waals surface area contributed by atoms with E-state index < -0.39 is 6.04 Å². The number of nitrogens with one attached hydrogen (secondary N) is 1. The highest BCUT2D eigenvalue weighted by molar-refractivity contribution is 7.21. The molecule has 0 radical (unpaired) electrons. The number of nitrogen functional groups attached to an aromatic ring is 1. The number of aromatic nitrogens is 2. The van der Waals surface area contributed by atoms with Gasteiger partial charge in [0.2, 0.25) is 0 Å². The Morgan fingerprint density at radius 2 is 2.04 bits per heavy atom. The molecule has 1 aliphatic heterocycles. The Morgan fingerprint density at radius 1 is 1.30 bits per heavy atom. The van der Waals surface area contributed by atoms with E-state index in [4.69, 9.17) is 15.2 Å². The van der Waals surface area contributed by atoms with Gasteiger partial charge in [0.25, 0.3) is 5.91 Å². The van der Waals surface area contributed by atoms with Crippen LogP contribution < -0.4 is 20.5 Å². The number of rotatable bonds is 3. The van der Waals surface area contributed by atoms with Crippen molar-refractivity contribution in [3.63, 3.8) is 0 Å². The van der Waals surface area contributed by atoms with Crippen molar-refractivity contribution in [1.82, 2.24) is 15.5 Å². The van der Waals surface area contributed by atoms with Crippen LogP contribution in [0, 0.1) is 13.8 Å². The summed E-state index contributed by atoms with van der Waals surface area (Å²) in [5, 5.41) is 11.8. The molecule has 1 atom stereocenters. The fourth-order valence-electron chi connectivity index (χ4n) is 2.91. The first kappa shape index (κ1) is 17.5. The molecule has 0 saturated carbocycles. The van der Waals surface area contributed by atoms with Gasteiger partial charge in [-0.25, -0.2) is 0 Å². The summed E-state index contributed by atoms with van der Waals surface area (Å²) in [6.07, 6.45) is 0. The van der Waals surface area contributed by atoms with Crippen molar-refractivity contribution in [3.8, 4) is 11.5 Å². The molecule has 0 aliphatic carbocycles. The van der Waals surface area contributed by atoms with Crippen molar-refractivity contribution in [3.05, 3.63) is 39.9 Å². The third-order valence-corrected chi connectivity index (χ3v) is 5.48. The van der Waals surface area contributed by atoms with E-state index in [9.17, 15) is 9.18 Å². The number of halogens is 1. The Morgan fingerprint density at radius 3 is 2.81 bits per heavy atom. The molecule has 1 aliphatic rings. The summed E-state index contributed by atoms with van der Waals surface area (Å²) in [6.45, 7) is 5.17. The number of thiophene rings is 1. The highest BCUT2D eigenvalue weighted by Gasteiger charge is 2.36. The molecule has 4 rings (SSSR count).